The molecule has 0 aliphatic rings. The molecular weight excluding hydrogens is 498 g/mol. The van der Waals surface area contributed by atoms with Crippen molar-refractivity contribution in [2.75, 3.05) is 0 Å². The summed E-state index contributed by atoms with van der Waals surface area (Å²) >= 11 is 3.51. The fourth-order valence-electron chi connectivity index (χ4n) is 4.57. The van der Waals surface area contributed by atoms with Gasteiger partial charge in [0.1, 0.15) is 0 Å². The SMILES string of the molecule is CC(C)(C)[Si](OCc1ccc(-c2cc(Br)cc(C#N)c2)cc1)(c1ccccc1)c1ccccc1. The van der Waals surface area contributed by atoms with Crippen LogP contribution in [0.2, 0.25) is 5.04 Å². The van der Waals surface area contributed by atoms with Crippen molar-refractivity contribution >= 4 is 34.6 Å². The zero-order chi connectivity index (χ0) is 24.2. The lowest BCUT2D eigenvalue weighted by atomic mass is 10.0. The van der Waals surface area contributed by atoms with E-state index in [-0.39, 0.29) is 5.04 Å². The molecule has 0 radical (unpaired) electrons. The summed E-state index contributed by atoms with van der Waals surface area (Å²) in [6, 6.07) is 37.9. The summed E-state index contributed by atoms with van der Waals surface area (Å²) in [5, 5.41) is 11.8. The largest absolute Gasteiger partial charge is 0.403 e. The highest BCUT2D eigenvalue weighted by molar-refractivity contribution is 9.10. The summed E-state index contributed by atoms with van der Waals surface area (Å²) in [5.41, 5.74) is 3.87. The van der Waals surface area contributed by atoms with E-state index in [0.29, 0.717) is 12.2 Å². The molecule has 0 atom stereocenters. The topological polar surface area (TPSA) is 33.0 Å². The fourth-order valence-corrected chi connectivity index (χ4v) is 9.60. The van der Waals surface area contributed by atoms with Crippen LogP contribution in [0.15, 0.2) is 108 Å². The Bertz CT molecular complexity index is 1250. The van der Waals surface area contributed by atoms with Gasteiger partial charge in [-0.3, -0.25) is 0 Å². The van der Waals surface area contributed by atoms with E-state index in [4.69, 9.17) is 4.43 Å². The molecule has 0 aromatic heterocycles. The molecule has 0 saturated heterocycles. The van der Waals surface area contributed by atoms with Gasteiger partial charge in [0.25, 0.3) is 8.32 Å². The van der Waals surface area contributed by atoms with Gasteiger partial charge in [-0.25, -0.2) is 0 Å². The van der Waals surface area contributed by atoms with Gasteiger partial charge in [0.15, 0.2) is 0 Å². The van der Waals surface area contributed by atoms with Crippen LogP contribution < -0.4 is 10.4 Å². The summed E-state index contributed by atoms with van der Waals surface area (Å²) < 4.78 is 7.95. The first-order chi connectivity index (χ1) is 16.3. The van der Waals surface area contributed by atoms with Gasteiger partial charge < -0.3 is 4.43 Å². The van der Waals surface area contributed by atoms with Crippen molar-refractivity contribution in [3.05, 3.63) is 119 Å². The van der Waals surface area contributed by atoms with E-state index in [1.807, 2.05) is 18.2 Å². The van der Waals surface area contributed by atoms with Crippen LogP contribution in [0.3, 0.4) is 0 Å². The predicted octanol–water partition coefficient (Wildman–Crippen LogP) is 7.06. The zero-order valence-corrected chi connectivity index (χ0v) is 22.3. The maximum atomic E-state index is 9.29. The molecule has 0 aliphatic carbocycles. The van der Waals surface area contributed by atoms with Crippen LogP contribution >= 0.6 is 15.9 Å². The Morgan fingerprint density at radius 1 is 0.765 bits per heavy atom. The van der Waals surface area contributed by atoms with Gasteiger partial charge in [-0.15, -0.1) is 0 Å². The van der Waals surface area contributed by atoms with Crippen LogP contribution in [0.5, 0.6) is 0 Å². The second-order valence-electron chi connectivity index (χ2n) is 9.49. The standard InChI is InChI=1S/C30H28BrNOSi/c1-30(2,3)34(28-10-6-4-7-11-28,29-12-8-5-9-13-29)33-22-23-14-16-25(17-15-23)26-18-24(21-32)19-27(31)20-26/h4-20H,22H2,1-3H3. The molecule has 4 heteroatoms. The van der Waals surface area contributed by atoms with Gasteiger partial charge in [-0.1, -0.05) is 122 Å². The molecule has 2 nitrogen and oxygen atoms in total. The maximum Gasteiger partial charge on any atom is 0.261 e. The first-order valence-electron chi connectivity index (χ1n) is 11.4. The van der Waals surface area contributed by atoms with Crippen molar-refractivity contribution in [2.45, 2.75) is 32.4 Å². The normalized spacial score (nSPS) is 11.7. The van der Waals surface area contributed by atoms with Crippen LogP contribution in [0, 0.1) is 11.3 Å². The van der Waals surface area contributed by atoms with Crippen molar-refractivity contribution in [3.8, 4) is 17.2 Å². The third-order valence-electron chi connectivity index (χ3n) is 6.19. The number of nitrogens with zero attached hydrogens (tertiary/aromatic N) is 1. The van der Waals surface area contributed by atoms with Crippen molar-refractivity contribution in [3.63, 3.8) is 0 Å². The van der Waals surface area contributed by atoms with Crippen molar-refractivity contribution in [1.82, 2.24) is 0 Å². The quantitative estimate of drug-likeness (QED) is 0.252. The monoisotopic (exact) mass is 525 g/mol. The number of rotatable bonds is 6. The van der Waals surface area contributed by atoms with Gasteiger partial charge in [0.2, 0.25) is 0 Å². The minimum atomic E-state index is -2.57. The van der Waals surface area contributed by atoms with Gasteiger partial charge >= 0.3 is 0 Å². The molecule has 0 saturated carbocycles. The van der Waals surface area contributed by atoms with E-state index in [0.717, 1.165) is 21.2 Å². The third kappa shape index (κ3) is 4.93. The van der Waals surface area contributed by atoms with Crippen molar-refractivity contribution in [2.24, 2.45) is 0 Å². The molecule has 170 valence electrons. The molecule has 4 rings (SSSR count). The Labute approximate surface area is 212 Å². The molecule has 0 N–H and O–H groups in total. The lowest BCUT2D eigenvalue weighted by molar-refractivity contribution is 0.286. The summed E-state index contributed by atoms with van der Waals surface area (Å²) in [6.45, 7) is 7.42. The number of hydrogen-bond acceptors (Lipinski definition) is 2. The second kappa shape index (κ2) is 10.1. The average Bonchev–Trinajstić information content (AvgIpc) is 2.85. The minimum absolute atomic E-state index is 0.0559. The Balaban J connectivity index is 1.68. The molecule has 0 heterocycles. The molecule has 4 aromatic rings. The van der Waals surface area contributed by atoms with Gasteiger partial charge in [-0.2, -0.15) is 5.26 Å². The van der Waals surface area contributed by atoms with Crippen LogP contribution in [-0.2, 0) is 11.0 Å². The van der Waals surface area contributed by atoms with E-state index >= 15 is 0 Å². The van der Waals surface area contributed by atoms with E-state index in [1.165, 1.54) is 10.4 Å². The number of benzene rings is 4. The summed E-state index contributed by atoms with van der Waals surface area (Å²) in [4.78, 5) is 0. The van der Waals surface area contributed by atoms with Crippen molar-refractivity contribution in [1.29, 1.82) is 5.26 Å². The van der Waals surface area contributed by atoms with Crippen LogP contribution in [0.25, 0.3) is 11.1 Å². The van der Waals surface area contributed by atoms with E-state index in [1.54, 1.807) is 0 Å². The summed E-state index contributed by atoms with van der Waals surface area (Å²) in [6.07, 6.45) is 0. The smallest absolute Gasteiger partial charge is 0.261 e. The van der Waals surface area contributed by atoms with Crippen molar-refractivity contribution < 1.29 is 4.43 Å². The molecule has 0 aliphatic heterocycles. The Kier molecular flexibility index (Phi) is 7.18. The molecule has 0 spiro atoms. The maximum absolute atomic E-state index is 9.29. The van der Waals surface area contributed by atoms with Crippen LogP contribution in [0.1, 0.15) is 31.9 Å². The molecular formula is C30H28BrNOSi. The van der Waals surface area contributed by atoms with E-state index in [9.17, 15) is 5.26 Å². The van der Waals surface area contributed by atoms with Crippen LogP contribution in [0.4, 0.5) is 0 Å². The predicted molar refractivity (Wildman–Crippen MR) is 147 cm³/mol. The molecule has 0 fully saturated rings. The second-order valence-corrected chi connectivity index (χ2v) is 14.7. The Hall–Kier alpha value is -2.97. The third-order valence-corrected chi connectivity index (χ3v) is 11.6. The van der Waals surface area contributed by atoms with Crippen LogP contribution in [-0.4, -0.2) is 8.32 Å². The highest BCUT2D eigenvalue weighted by Crippen LogP contribution is 2.37. The molecule has 4 aromatic carbocycles. The molecule has 0 amide bonds. The zero-order valence-electron chi connectivity index (χ0n) is 19.8. The first kappa shape index (κ1) is 24.2. The Morgan fingerprint density at radius 3 is 1.82 bits per heavy atom. The van der Waals surface area contributed by atoms with Gasteiger partial charge in [0, 0.05) is 4.47 Å². The average molecular weight is 527 g/mol. The fraction of sp³-hybridized carbons (Fsp3) is 0.167. The van der Waals surface area contributed by atoms with E-state index < -0.39 is 8.32 Å². The lowest BCUT2D eigenvalue weighted by Crippen LogP contribution is -2.66. The molecule has 34 heavy (non-hydrogen) atoms. The van der Waals surface area contributed by atoms with Gasteiger partial charge in [-0.05, 0) is 50.3 Å². The minimum Gasteiger partial charge on any atom is -0.403 e. The highest BCUT2D eigenvalue weighted by atomic mass is 79.9. The number of hydrogen-bond donors (Lipinski definition) is 0. The lowest BCUT2D eigenvalue weighted by Gasteiger charge is -2.43. The van der Waals surface area contributed by atoms with E-state index in [2.05, 4.69) is 128 Å². The first-order valence-corrected chi connectivity index (χ1v) is 14.1. The Morgan fingerprint density at radius 2 is 1.32 bits per heavy atom. The highest BCUT2D eigenvalue weighted by Gasteiger charge is 2.50. The number of nitriles is 1. The summed E-state index contributed by atoms with van der Waals surface area (Å²) in [5.74, 6) is 0. The molecule has 0 bridgehead atoms. The number of halogens is 1. The summed E-state index contributed by atoms with van der Waals surface area (Å²) in [7, 11) is -2.57. The van der Waals surface area contributed by atoms with Gasteiger partial charge in [0.05, 0.1) is 18.2 Å². The molecule has 0 unspecified atom stereocenters.